The van der Waals surface area contributed by atoms with Crippen LogP contribution in [-0.2, 0) is 4.74 Å². The molecule has 0 bridgehead atoms. The second kappa shape index (κ2) is 5.55. The molecule has 0 unspecified atom stereocenters. The van der Waals surface area contributed by atoms with E-state index in [-0.39, 0.29) is 0 Å². The van der Waals surface area contributed by atoms with Gasteiger partial charge in [0.25, 0.3) is 0 Å². The lowest BCUT2D eigenvalue weighted by atomic mass is 10.2. The van der Waals surface area contributed by atoms with Crippen LogP contribution < -0.4 is 0 Å². The molecule has 0 aliphatic heterocycles. The van der Waals surface area contributed by atoms with Crippen LogP contribution in [0.5, 0.6) is 0 Å². The van der Waals surface area contributed by atoms with Gasteiger partial charge in [-0.25, -0.2) is 0 Å². The summed E-state index contributed by atoms with van der Waals surface area (Å²) in [4.78, 5) is 0. The Morgan fingerprint density at radius 3 is 2.64 bits per heavy atom. The van der Waals surface area contributed by atoms with Crippen molar-refractivity contribution in [2.24, 2.45) is 0 Å². The third-order valence-corrected chi connectivity index (χ3v) is 1.23. The van der Waals surface area contributed by atoms with E-state index in [2.05, 4.69) is 6.07 Å². The molecule has 0 aliphatic rings. The Morgan fingerprint density at radius 2 is 2.27 bits per heavy atom. The molecule has 11 heavy (non-hydrogen) atoms. The number of allylic oxidation sites excluding steroid dienone is 4. The zero-order chi connectivity index (χ0) is 8.69. The van der Waals surface area contributed by atoms with E-state index in [1.807, 2.05) is 19.9 Å². The lowest BCUT2D eigenvalue weighted by Gasteiger charge is -1.96. The molecule has 0 aromatic rings. The maximum absolute atomic E-state index is 8.58. The van der Waals surface area contributed by atoms with Crippen LogP contribution in [0.25, 0.3) is 0 Å². The molecule has 2 nitrogen and oxygen atoms in total. The van der Waals surface area contributed by atoms with Crippen LogP contribution in [0.15, 0.2) is 23.5 Å². The fourth-order valence-corrected chi connectivity index (χ4v) is 0.635. The van der Waals surface area contributed by atoms with Gasteiger partial charge in [0, 0.05) is 0 Å². The topological polar surface area (TPSA) is 33.0 Å². The van der Waals surface area contributed by atoms with Gasteiger partial charge in [-0.2, -0.15) is 5.26 Å². The molecule has 0 amide bonds. The molecule has 0 rings (SSSR count). The second-order valence-electron chi connectivity index (χ2n) is 2.14. The van der Waals surface area contributed by atoms with Crippen molar-refractivity contribution in [2.75, 3.05) is 7.11 Å². The van der Waals surface area contributed by atoms with Crippen LogP contribution in [-0.4, -0.2) is 7.11 Å². The van der Waals surface area contributed by atoms with Crippen molar-refractivity contribution < 1.29 is 4.74 Å². The Hall–Kier alpha value is -1.23. The monoisotopic (exact) mass is 151 g/mol. The first kappa shape index (κ1) is 9.77. The Labute approximate surface area is 67.8 Å². The smallest absolute Gasteiger partial charge is 0.0989 e. The summed E-state index contributed by atoms with van der Waals surface area (Å²) in [7, 11) is 1.59. The average molecular weight is 151 g/mol. The fourth-order valence-electron chi connectivity index (χ4n) is 0.635. The van der Waals surface area contributed by atoms with E-state index >= 15 is 0 Å². The van der Waals surface area contributed by atoms with Crippen molar-refractivity contribution in [3.8, 4) is 6.07 Å². The van der Waals surface area contributed by atoms with Gasteiger partial charge in [0.1, 0.15) is 0 Å². The minimum absolute atomic E-state index is 0.659. The van der Waals surface area contributed by atoms with Crippen LogP contribution in [0.4, 0.5) is 0 Å². The zero-order valence-electron chi connectivity index (χ0n) is 7.22. The van der Waals surface area contributed by atoms with Crippen LogP contribution in [0, 0.1) is 11.3 Å². The number of hydrogen-bond donors (Lipinski definition) is 0. The molecular formula is C9H13NO. The van der Waals surface area contributed by atoms with Crippen LogP contribution in [0.1, 0.15) is 20.3 Å². The summed E-state index contributed by atoms with van der Waals surface area (Å²) in [6.07, 6.45) is 4.46. The summed E-state index contributed by atoms with van der Waals surface area (Å²) in [5.41, 5.74) is 0.659. The maximum atomic E-state index is 8.58. The Balaban J connectivity index is 4.33. The third kappa shape index (κ3) is 4.21. The minimum Gasteiger partial charge on any atom is -0.501 e. The summed E-state index contributed by atoms with van der Waals surface area (Å²) >= 11 is 0. The Kier molecular flexibility index (Phi) is 4.93. The van der Waals surface area contributed by atoms with E-state index in [0.29, 0.717) is 5.57 Å². The van der Waals surface area contributed by atoms with Crippen molar-refractivity contribution in [2.45, 2.75) is 20.3 Å². The number of nitriles is 1. The van der Waals surface area contributed by atoms with Crippen molar-refractivity contribution in [3.63, 3.8) is 0 Å². The lowest BCUT2D eigenvalue weighted by molar-refractivity contribution is 0.293. The molecule has 0 N–H and O–H groups in total. The molecule has 0 radical (unpaired) electrons. The highest BCUT2D eigenvalue weighted by Crippen LogP contribution is 2.02. The van der Waals surface area contributed by atoms with Gasteiger partial charge in [0.2, 0.25) is 0 Å². The van der Waals surface area contributed by atoms with Gasteiger partial charge in [-0.1, -0.05) is 13.0 Å². The predicted molar refractivity (Wildman–Crippen MR) is 44.8 cm³/mol. The summed E-state index contributed by atoms with van der Waals surface area (Å²) in [5.74, 6) is 0.756. The quantitative estimate of drug-likeness (QED) is 0.352. The van der Waals surface area contributed by atoms with Crippen molar-refractivity contribution in [3.05, 3.63) is 23.5 Å². The number of ether oxygens (including phenoxy) is 1. The van der Waals surface area contributed by atoms with E-state index < -0.39 is 0 Å². The van der Waals surface area contributed by atoms with Crippen molar-refractivity contribution >= 4 is 0 Å². The summed E-state index contributed by atoms with van der Waals surface area (Å²) in [5, 5.41) is 8.58. The normalized spacial score (nSPS) is 12.5. The molecule has 0 atom stereocenters. The van der Waals surface area contributed by atoms with Crippen LogP contribution in [0.3, 0.4) is 0 Å². The number of hydrogen-bond acceptors (Lipinski definition) is 2. The molecule has 60 valence electrons. The summed E-state index contributed by atoms with van der Waals surface area (Å²) in [6.45, 7) is 3.81. The number of methoxy groups -OCH3 is 1. The van der Waals surface area contributed by atoms with Crippen molar-refractivity contribution in [1.29, 1.82) is 5.26 Å². The first-order chi connectivity index (χ1) is 5.24. The molecule has 0 aliphatic carbocycles. The minimum atomic E-state index is 0.659. The first-order valence-corrected chi connectivity index (χ1v) is 3.57. The molecule has 2 heteroatoms. The fraction of sp³-hybridized carbons (Fsp3) is 0.444. The SMILES string of the molecule is CC/C=C(C#N)\C=C(/C)OC. The standard InChI is InChI=1S/C9H13NO/c1-4-5-9(7-10)6-8(2)11-3/h5-6H,4H2,1-3H3/b8-6+,9-5+. The molecule has 0 aromatic heterocycles. The van der Waals surface area contributed by atoms with Gasteiger partial charge in [0.15, 0.2) is 0 Å². The van der Waals surface area contributed by atoms with E-state index in [1.54, 1.807) is 13.2 Å². The third-order valence-electron chi connectivity index (χ3n) is 1.23. The Bertz CT molecular complexity index is 208. The van der Waals surface area contributed by atoms with Crippen LogP contribution in [0.2, 0.25) is 0 Å². The van der Waals surface area contributed by atoms with Gasteiger partial charge < -0.3 is 4.74 Å². The molecule has 0 fully saturated rings. The van der Waals surface area contributed by atoms with E-state index in [9.17, 15) is 0 Å². The van der Waals surface area contributed by atoms with Gasteiger partial charge in [0.05, 0.1) is 24.5 Å². The summed E-state index contributed by atoms with van der Waals surface area (Å²) < 4.78 is 4.90. The second-order valence-corrected chi connectivity index (χ2v) is 2.14. The number of nitrogens with zero attached hydrogens (tertiary/aromatic N) is 1. The summed E-state index contributed by atoms with van der Waals surface area (Å²) in [6, 6.07) is 2.07. The molecule has 0 aromatic carbocycles. The van der Waals surface area contributed by atoms with Crippen LogP contribution >= 0.6 is 0 Å². The van der Waals surface area contributed by atoms with Gasteiger partial charge in [-0.05, 0) is 19.4 Å². The van der Waals surface area contributed by atoms with Gasteiger partial charge in [-0.15, -0.1) is 0 Å². The zero-order valence-corrected chi connectivity index (χ0v) is 7.22. The van der Waals surface area contributed by atoms with Gasteiger partial charge in [-0.3, -0.25) is 0 Å². The van der Waals surface area contributed by atoms with Gasteiger partial charge >= 0.3 is 0 Å². The molecular weight excluding hydrogens is 138 g/mol. The highest BCUT2D eigenvalue weighted by molar-refractivity contribution is 5.33. The Morgan fingerprint density at radius 1 is 1.64 bits per heavy atom. The predicted octanol–water partition coefficient (Wildman–Crippen LogP) is 2.40. The molecule has 0 saturated carbocycles. The number of rotatable bonds is 3. The first-order valence-electron chi connectivity index (χ1n) is 3.57. The molecule has 0 heterocycles. The van der Waals surface area contributed by atoms with E-state index in [1.165, 1.54) is 0 Å². The van der Waals surface area contributed by atoms with E-state index in [0.717, 1.165) is 12.2 Å². The largest absolute Gasteiger partial charge is 0.501 e. The maximum Gasteiger partial charge on any atom is 0.0989 e. The molecule has 0 saturated heterocycles. The highest BCUT2D eigenvalue weighted by Gasteiger charge is 1.90. The van der Waals surface area contributed by atoms with Crippen molar-refractivity contribution in [1.82, 2.24) is 0 Å². The molecule has 0 spiro atoms. The average Bonchev–Trinajstić information content (AvgIpc) is 2.03. The highest BCUT2D eigenvalue weighted by atomic mass is 16.5. The van der Waals surface area contributed by atoms with E-state index in [4.69, 9.17) is 10.00 Å². The lowest BCUT2D eigenvalue weighted by Crippen LogP contribution is -1.80.